The van der Waals surface area contributed by atoms with Crippen molar-refractivity contribution in [1.29, 1.82) is 0 Å². The summed E-state index contributed by atoms with van der Waals surface area (Å²) >= 11 is 7.68. The van der Waals surface area contributed by atoms with E-state index in [1.54, 1.807) is 11.3 Å². The maximum Gasteiger partial charge on any atom is 0.317 e. The van der Waals surface area contributed by atoms with Crippen molar-refractivity contribution in [2.45, 2.75) is 32.7 Å². The van der Waals surface area contributed by atoms with Crippen LogP contribution in [0.1, 0.15) is 30.2 Å². The first kappa shape index (κ1) is 11.9. The molecule has 3 rings (SSSR count). The first-order valence-corrected chi connectivity index (χ1v) is 7.25. The van der Waals surface area contributed by atoms with Crippen molar-refractivity contribution in [3.05, 3.63) is 27.6 Å². The molecule has 1 N–H and O–H groups in total. The molecular weight excluding hydrogens is 268 g/mol. The van der Waals surface area contributed by atoms with E-state index >= 15 is 0 Å². The number of hydrogen-bond donors (Lipinski definition) is 1. The van der Waals surface area contributed by atoms with Crippen LogP contribution < -0.4 is 0 Å². The predicted molar refractivity (Wildman–Crippen MR) is 74.7 cm³/mol. The molecule has 0 spiro atoms. The Balaban J connectivity index is 2.13. The van der Waals surface area contributed by atoms with Crippen LogP contribution in [0.2, 0.25) is 0 Å². The van der Waals surface area contributed by atoms with E-state index < -0.39 is 0 Å². The first-order valence-electron chi connectivity index (χ1n) is 6.06. The number of aliphatic imine (C=N–C) groups is 1. The summed E-state index contributed by atoms with van der Waals surface area (Å²) in [6, 6.07) is 2.14. The number of thiophene rings is 1. The van der Waals surface area contributed by atoms with Gasteiger partial charge in [0.25, 0.3) is 5.71 Å². The molecule has 0 bridgehead atoms. The normalized spacial score (nSPS) is 18.8. The molecule has 0 radical (unpaired) electrons. The molecule has 0 amide bonds. The van der Waals surface area contributed by atoms with Gasteiger partial charge in [-0.05, 0) is 25.0 Å². The van der Waals surface area contributed by atoms with Gasteiger partial charge in [0.15, 0.2) is 0 Å². The summed E-state index contributed by atoms with van der Waals surface area (Å²) < 4.78 is 1.31. The maximum atomic E-state index is 10.4. The quantitative estimate of drug-likeness (QED) is 0.619. The van der Waals surface area contributed by atoms with E-state index in [-0.39, 0.29) is 0 Å². The molecule has 0 fully saturated rings. The van der Waals surface area contributed by atoms with Crippen LogP contribution in [0.25, 0.3) is 0 Å². The molecule has 94 valence electrons. The van der Waals surface area contributed by atoms with Gasteiger partial charge in [0.1, 0.15) is 5.71 Å². The summed E-state index contributed by atoms with van der Waals surface area (Å²) in [5.74, 6) is 0. The third-order valence-electron chi connectivity index (χ3n) is 3.24. The molecule has 0 saturated carbocycles. The highest BCUT2D eigenvalue weighted by atomic mass is 35.5. The molecule has 1 aromatic rings. The van der Waals surface area contributed by atoms with Gasteiger partial charge < -0.3 is 0 Å². The van der Waals surface area contributed by atoms with E-state index in [2.05, 4.69) is 18.0 Å². The third-order valence-corrected chi connectivity index (χ3v) is 4.84. The van der Waals surface area contributed by atoms with Crippen molar-refractivity contribution in [2.24, 2.45) is 4.99 Å². The summed E-state index contributed by atoms with van der Waals surface area (Å²) in [7, 11) is 0. The Labute approximate surface area is 115 Å². The second-order valence-electron chi connectivity index (χ2n) is 4.45. The van der Waals surface area contributed by atoms with Crippen LogP contribution in [0.15, 0.2) is 22.2 Å². The molecule has 0 aromatic carbocycles. The Hall–Kier alpha value is -1.13. The zero-order valence-corrected chi connectivity index (χ0v) is 11.7. The topological polar surface area (TPSA) is 35.6 Å². The predicted octanol–water partition coefficient (Wildman–Crippen LogP) is 3.66. The van der Waals surface area contributed by atoms with E-state index in [1.807, 2.05) is 6.08 Å². The Kier molecular flexibility index (Phi) is 2.99. The zero-order chi connectivity index (χ0) is 12.7. The fourth-order valence-electron chi connectivity index (χ4n) is 2.26. The fraction of sp³-hybridized carbons (Fsp3) is 0.385. The van der Waals surface area contributed by atoms with Crippen molar-refractivity contribution in [3.63, 3.8) is 0 Å². The monoisotopic (exact) mass is 281 g/mol. The first-order chi connectivity index (χ1) is 8.69. The largest absolute Gasteiger partial charge is 0.317 e. The summed E-state index contributed by atoms with van der Waals surface area (Å²) in [4.78, 5) is 5.84. The molecule has 2 heterocycles. The Morgan fingerprint density at radius 1 is 1.50 bits per heavy atom. The van der Waals surface area contributed by atoms with Gasteiger partial charge >= 0.3 is 5.00 Å². The van der Waals surface area contributed by atoms with Gasteiger partial charge in [0, 0.05) is 21.1 Å². The zero-order valence-electron chi connectivity index (χ0n) is 10.1. The maximum absolute atomic E-state index is 10.4. The van der Waals surface area contributed by atoms with Gasteiger partial charge in [-0.2, -0.15) is 0 Å². The van der Waals surface area contributed by atoms with Gasteiger partial charge in [-0.3, -0.25) is 10.2 Å². The molecule has 0 unspecified atom stereocenters. The Morgan fingerprint density at radius 2 is 2.33 bits per heavy atom. The highest BCUT2D eigenvalue weighted by Crippen LogP contribution is 2.34. The second kappa shape index (κ2) is 4.52. The van der Waals surface area contributed by atoms with Gasteiger partial charge in [0.2, 0.25) is 0 Å². The van der Waals surface area contributed by atoms with Crippen molar-refractivity contribution < 1.29 is 9.95 Å². The number of fused-ring (bicyclic) bond motifs is 2. The van der Waals surface area contributed by atoms with E-state index in [9.17, 15) is 5.21 Å². The van der Waals surface area contributed by atoms with Crippen LogP contribution >= 0.6 is 22.9 Å². The van der Waals surface area contributed by atoms with Crippen molar-refractivity contribution in [3.8, 4) is 0 Å². The molecule has 1 aromatic heterocycles. The summed E-state index contributed by atoms with van der Waals surface area (Å²) in [6.07, 6.45) is 4.36. The van der Waals surface area contributed by atoms with Crippen LogP contribution in [0.4, 0.5) is 5.00 Å². The van der Waals surface area contributed by atoms with Crippen LogP contribution in [0.5, 0.6) is 0 Å². The van der Waals surface area contributed by atoms with E-state index in [0.29, 0.717) is 6.54 Å². The van der Waals surface area contributed by atoms with E-state index in [1.165, 1.54) is 9.62 Å². The lowest BCUT2D eigenvalue weighted by atomic mass is 10.0. The Morgan fingerprint density at radius 3 is 3.11 bits per heavy atom. The number of allylic oxidation sites excluding steroid dienone is 2. The fourth-order valence-corrected chi connectivity index (χ4v) is 3.50. The smallest absolute Gasteiger partial charge is 0.283 e. The van der Waals surface area contributed by atoms with E-state index in [0.717, 1.165) is 46.3 Å². The van der Waals surface area contributed by atoms with Gasteiger partial charge in [-0.1, -0.05) is 29.9 Å². The average Bonchev–Trinajstić information content (AvgIpc) is 2.74. The van der Waals surface area contributed by atoms with Crippen LogP contribution in [-0.4, -0.2) is 21.4 Å². The number of rotatable bonds is 1. The highest BCUT2D eigenvalue weighted by Gasteiger charge is 2.32. The standard InChI is InChI=1S/C13H14ClN2OS/c1-2-10-5-8-7-15-11-6-9(14)3-4-12(11)16(17)13(8)18-10/h5-6,17H,2-4,7H2,1H3/q+1. The highest BCUT2D eigenvalue weighted by molar-refractivity contribution is 7.15. The Bertz CT molecular complexity index is 598. The SMILES string of the molecule is CCc1cc2c(s1)[N+](O)=C1CCC(Cl)=CC1=NC2. The van der Waals surface area contributed by atoms with E-state index in [4.69, 9.17) is 11.6 Å². The van der Waals surface area contributed by atoms with Crippen LogP contribution in [0, 0.1) is 0 Å². The van der Waals surface area contributed by atoms with Crippen molar-refractivity contribution in [1.82, 2.24) is 0 Å². The molecule has 18 heavy (non-hydrogen) atoms. The second-order valence-corrected chi connectivity index (χ2v) is 6.05. The minimum absolute atomic E-state index is 0.613. The summed E-state index contributed by atoms with van der Waals surface area (Å²) in [6.45, 7) is 2.74. The minimum Gasteiger partial charge on any atom is -0.283 e. The average molecular weight is 282 g/mol. The molecule has 0 saturated heterocycles. The number of hydrogen-bond acceptors (Lipinski definition) is 3. The lowest BCUT2D eigenvalue weighted by molar-refractivity contribution is -0.710. The van der Waals surface area contributed by atoms with Crippen LogP contribution in [0.3, 0.4) is 0 Å². The number of aryl methyl sites for hydroxylation is 1. The lowest BCUT2D eigenvalue weighted by Crippen LogP contribution is -2.24. The van der Waals surface area contributed by atoms with Gasteiger partial charge in [-0.25, -0.2) is 0 Å². The molecule has 3 nitrogen and oxygen atoms in total. The molecular formula is C13H14ClN2OS+. The molecule has 5 heteroatoms. The van der Waals surface area contributed by atoms with Crippen LogP contribution in [-0.2, 0) is 13.0 Å². The van der Waals surface area contributed by atoms with Crippen molar-refractivity contribution in [2.75, 3.05) is 0 Å². The molecule has 1 aliphatic carbocycles. The van der Waals surface area contributed by atoms with Crippen molar-refractivity contribution >= 4 is 39.4 Å². The summed E-state index contributed by atoms with van der Waals surface area (Å²) in [5.41, 5.74) is 2.77. The third kappa shape index (κ3) is 1.89. The van der Waals surface area contributed by atoms with Gasteiger partial charge in [0.05, 0.1) is 12.1 Å². The molecule has 1 aliphatic heterocycles. The molecule has 2 aliphatic rings. The molecule has 0 atom stereocenters. The lowest BCUT2D eigenvalue weighted by Gasteiger charge is -2.07. The number of nitrogens with zero attached hydrogens (tertiary/aromatic N) is 2. The summed E-state index contributed by atoms with van der Waals surface area (Å²) in [5, 5.41) is 12.1. The van der Waals surface area contributed by atoms with Gasteiger partial charge in [-0.15, -0.1) is 0 Å². The number of halogens is 1. The minimum atomic E-state index is 0.613.